The van der Waals surface area contributed by atoms with Crippen LogP contribution < -0.4 is 11.5 Å². The van der Waals surface area contributed by atoms with Gasteiger partial charge in [0.1, 0.15) is 0 Å². The van der Waals surface area contributed by atoms with Gasteiger partial charge in [-0.3, -0.25) is 4.98 Å². The third-order valence-electron chi connectivity index (χ3n) is 1.92. The lowest BCUT2D eigenvalue weighted by Gasteiger charge is -2.02. The summed E-state index contributed by atoms with van der Waals surface area (Å²) in [5.41, 5.74) is 12.2. The molecular weight excluding hydrogens is 256 g/mol. The molecule has 4 nitrogen and oxygen atoms in total. The standard InChI is InChI=1S/C10H9BrN4/c11-7-4-6-2-1-3-14-8(6)5-9(7)15-10(12)13/h1-5H,(H4,12,13,15). The molecule has 0 unspecified atom stereocenters. The number of rotatable bonds is 1. The molecule has 0 fully saturated rings. The number of hydrogen-bond donors (Lipinski definition) is 2. The van der Waals surface area contributed by atoms with Gasteiger partial charge in [-0.15, -0.1) is 0 Å². The van der Waals surface area contributed by atoms with Crippen molar-refractivity contribution >= 4 is 38.5 Å². The van der Waals surface area contributed by atoms with Crippen molar-refractivity contribution in [2.45, 2.75) is 0 Å². The second-order valence-corrected chi connectivity index (χ2v) is 3.89. The van der Waals surface area contributed by atoms with Gasteiger partial charge < -0.3 is 11.5 Å². The zero-order valence-electron chi connectivity index (χ0n) is 7.81. The van der Waals surface area contributed by atoms with E-state index in [4.69, 9.17) is 11.5 Å². The molecule has 0 aliphatic carbocycles. The molecule has 4 N–H and O–H groups in total. The maximum Gasteiger partial charge on any atom is 0.191 e. The van der Waals surface area contributed by atoms with E-state index in [9.17, 15) is 0 Å². The monoisotopic (exact) mass is 264 g/mol. The molecular formula is C10H9BrN4. The van der Waals surface area contributed by atoms with Crippen LogP contribution in [0.3, 0.4) is 0 Å². The highest BCUT2D eigenvalue weighted by molar-refractivity contribution is 9.10. The molecule has 0 aliphatic rings. The average Bonchev–Trinajstić information content (AvgIpc) is 2.18. The number of guanidine groups is 1. The Morgan fingerprint density at radius 1 is 1.33 bits per heavy atom. The quantitative estimate of drug-likeness (QED) is 0.610. The predicted octanol–water partition coefficient (Wildman–Crippen LogP) is 1.90. The summed E-state index contributed by atoms with van der Waals surface area (Å²) in [4.78, 5) is 8.21. The minimum Gasteiger partial charge on any atom is -0.370 e. The fraction of sp³-hybridized carbons (Fsp3) is 0. The molecule has 0 amide bonds. The molecule has 2 aromatic rings. The fourth-order valence-corrected chi connectivity index (χ4v) is 1.76. The highest BCUT2D eigenvalue weighted by Crippen LogP contribution is 2.29. The van der Waals surface area contributed by atoms with E-state index in [1.54, 1.807) is 6.20 Å². The SMILES string of the molecule is NC(N)=Nc1cc2ncccc2cc1Br. The van der Waals surface area contributed by atoms with Gasteiger partial charge in [0, 0.05) is 16.1 Å². The topological polar surface area (TPSA) is 77.3 Å². The summed E-state index contributed by atoms with van der Waals surface area (Å²) >= 11 is 3.40. The molecule has 15 heavy (non-hydrogen) atoms. The molecule has 76 valence electrons. The molecule has 0 spiro atoms. The van der Waals surface area contributed by atoms with Crippen molar-refractivity contribution < 1.29 is 0 Å². The fourth-order valence-electron chi connectivity index (χ4n) is 1.31. The summed E-state index contributed by atoms with van der Waals surface area (Å²) in [6.07, 6.45) is 1.73. The normalized spacial score (nSPS) is 10.2. The highest BCUT2D eigenvalue weighted by atomic mass is 79.9. The maximum absolute atomic E-state index is 5.32. The van der Waals surface area contributed by atoms with Crippen LogP contribution in [-0.4, -0.2) is 10.9 Å². The molecule has 0 atom stereocenters. The van der Waals surface area contributed by atoms with E-state index in [0.717, 1.165) is 15.4 Å². The molecule has 0 radical (unpaired) electrons. The van der Waals surface area contributed by atoms with Crippen LogP contribution in [0.25, 0.3) is 10.9 Å². The van der Waals surface area contributed by atoms with Crippen molar-refractivity contribution in [1.29, 1.82) is 0 Å². The first-order valence-electron chi connectivity index (χ1n) is 4.31. The largest absolute Gasteiger partial charge is 0.370 e. The number of nitrogens with zero attached hydrogens (tertiary/aromatic N) is 2. The number of nitrogens with two attached hydrogens (primary N) is 2. The van der Waals surface area contributed by atoms with E-state index in [0.29, 0.717) is 5.69 Å². The Labute approximate surface area is 95.1 Å². The van der Waals surface area contributed by atoms with Crippen molar-refractivity contribution in [3.8, 4) is 0 Å². The van der Waals surface area contributed by atoms with Gasteiger partial charge in [0.05, 0.1) is 11.2 Å². The molecule has 0 bridgehead atoms. The van der Waals surface area contributed by atoms with E-state index < -0.39 is 0 Å². The second-order valence-electron chi connectivity index (χ2n) is 3.04. The molecule has 0 saturated heterocycles. The molecule has 1 aromatic heterocycles. The van der Waals surface area contributed by atoms with Gasteiger partial charge in [-0.05, 0) is 34.1 Å². The van der Waals surface area contributed by atoms with Crippen LogP contribution in [0.15, 0.2) is 39.9 Å². The first kappa shape index (κ1) is 9.92. The minimum absolute atomic E-state index is 0.0333. The van der Waals surface area contributed by atoms with Crippen molar-refractivity contribution in [3.63, 3.8) is 0 Å². The second kappa shape index (κ2) is 3.86. The number of fused-ring (bicyclic) bond motifs is 1. The summed E-state index contributed by atoms with van der Waals surface area (Å²) in [7, 11) is 0. The van der Waals surface area contributed by atoms with Crippen LogP contribution in [0.5, 0.6) is 0 Å². The van der Waals surface area contributed by atoms with E-state index in [2.05, 4.69) is 25.9 Å². The van der Waals surface area contributed by atoms with Crippen LogP contribution in [0.1, 0.15) is 0 Å². The summed E-state index contributed by atoms with van der Waals surface area (Å²) in [6.45, 7) is 0. The predicted molar refractivity (Wildman–Crippen MR) is 64.9 cm³/mol. The summed E-state index contributed by atoms with van der Waals surface area (Å²) in [6, 6.07) is 7.63. The smallest absolute Gasteiger partial charge is 0.191 e. The minimum atomic E-state index is 0.0333. The van der Waals surface area contributed by atoms with Gasteiger partial charge >= 0.3 is 0 Å². The molecule has 0 saturated carbocycles. The summed E-state index contributed by atoms with van der Waals surface area (Å²) in [5.74, 6) is 0.0333. The van der Waals surface area contributed by atoms with Crippen LogP contribution in [0, 0.1) is 0 Å². The van der Waals surface area contributed by atoms with Crippen LogP contribution in [0.4, 0.5) is 5.69 Å². The number of halogens is 1. The molecule has 1 heterocycles. The Morgan fingerprint density at radius 3 is 2.87 bits per heavy atom. The van der Waals surface area contributed by atoms with Crippen LogP contribution in [0.2, 0.25) is 0 Å². The average molecular weight is 265 g/mol. The highest BCUT2D eigenvalue weighted by Gasteiger charge is 2.02. The maximum atomic E-state index is 5.32. The van der Waals surface area contributed by atoms with Gasteiger partial charge in [-0.25, -0.2) is 4.99 Å². The number of aromatic nitrogens is 1. The lowest BCUT2D eigenvalue weighted by Crippen LogP contribution is -2.21. The molecule has 1 aromatic carbocycles. The van der Waals surface area contributed by atoms with Crippen LogP contribution in [-0.2, 0) is 0 Å². The first-order valence-corrected chi connectivity index (χ1v) is 5.10. The van der Waals surface area contributed by atoms with E-state index in [1.807, 2.05) is 24.3 Å². The lowest BCUT2D eigenvalue weighted by atomic mass is 10.2. The molecule has 2 rings (SSSR count). The Kier molecular flexibility index (Phi) is 2.55. The van der Waals surface area contributed by atoms with E-state index in [-0.39, 0.29) is 5.96 Å². The number of pyridine rings is 1. The van der Waals surface area contributed by atoms with Gasteiger partial charge in [-0.2, -0.15) is 0 Å². The van der Waals surface area contributed by atoms with Crippen LogP contribution >= 0.6 is 15.9 Å². The third-order valence-corrected chi connectivity index (χ3v) is 2.56. The molecule has 5 heteroatoms. The number of aliphatic imine (C=N–C) groups is 1. The Hall–Kier alpha value is -1.62. The number of benzene rings is 1. The Balaban J connectivity index is 2.67. The van der Waals surface area contributed by atoms with Crippen molar-refractivity contribution in [1.82, 2.24) is 4.98 Å². The Bertz CT molecular complexity index is 532. The number of hydrogen-bond acceptors (Lipinski definition) is 2. The van der Waals surface area contributed by atoms with Gasteiger partial charge in [-0.1, -0.05) is 6.07 Å². The first-order chi connectivity index (χ1) is 7.16. The van der Waals surface area contributed by atoms with E-state index >= 15 is 0 Å². The van der Waals surface area contributed by atoms with Gasteiger partial charge in [0.2, 0.25) is 0 Å². The Morgan fingerprint density at radius 2 is 2.13 bits per heavy atom. The third kappa shape index (κ3) is 2.07. The van der Waals surface area contributed by atoms with Crippen molar-refractivity contribution in [2.75, 3.05) is 0 Å². The zero-order chi connectivity index (χ0) is 10.8. The lowest BCUT2D eigenvalue weighted by molar-refractivity contribution is 1.38. The summed E-state index contributed by atoms with van der Waals surface area (Å²) < 4.78 is 0.844. The molecule has 0 aliphatic heterocycles. The van der Waals surface area contributed by atoms with Gasteiger partial charge in [0.15, 0.2) is 5.96 Å². The van der Waals surface area contributed by atoms with E-state index in [1.165, 1.54) is 0 Å². The van der Waals surface area contributed by atoms with Gasteiger partial charge in [0.25, 0.3) is 0 Å². The summed E-state index contributed by atoms with van der Waals surface area (Å²) in [5, 5.41) is 1.04. The van der Waals surface area contributed by atoms with Crippen molar-refractivity contribution in [2.24, 2.45) is 16.5 Å². The van der Waals surface area contributed by atoms with Crippen molar-refractivity contribution in [3.05, 3.63) is 34.9 Å². The zero-order valence-corrected chi connectivity index (χ0v) is 9.40.